The first-order valence-electron chi connectivity index (χ1n) is 14.3. The van der Waals surface area contributed by atoms with Crippen LogP contribution in [0.4, 0.5) is 0 Å². The quantitative estimate of drug-likeness (QED) is 0.194. The lowest BCUT2D eigenvalue weighted by molar-refractivity contribution is 0.928. The van der Waals surface area contributed by atoms with Gasteiger partial charge in [0.25, 0.3) is 0 Å². The van der Waals surface area contributed by atoms with Crippen LogP contribution in [0.5, 0.6) is 0 Å². The van der Waals surface area contributed by atoms with Gasteiger partial charge < -0.3 is 4.57 Å². The van der Waals surface area contributed by atoms with Crippen molar-refractivity contribution in [1.29, 1.82) is 10.5 Å². The van der Waals surface area contributed by atoms with Gasteiger partial charge >= 0.3 is 0 Å². The van der Waals surface area contributed by atoms with Crippen LogP contribution in [0.25, 0.3) is 61.7 Å². The number of fused-ring (bicyclic) bond motifs is 3. The first-order chi connectivity index (χ1) is 22.4. The van der Waals surface area contributed by atoms with Crippen molar-refractivity contribution >= 4 is 21.8 Å². The topological polar surface area (TPSA) is 143 Å². The molecule has 0 fully saturated rings. The van der Waals surface area contributed by atoms with Gasteiger partial charge in [0.15, 0.2) is 17.5 Å². The number of allylic oxidation sites excluding steroid dienone is 1. The Balaban J connectivity index is 0.00000119. The molecule has 0 amide bonds. The van der Waals surface area contributed by atoms with E-state index in [2.05, 4.69) is 82.4 Å². The van der Waals surface area contributed by atoms with Gasteiger partial charge in [-0.05, 0) is 51.1 Å². The highest BCUT2D eigenvalue weighted by atomic mass is 15.0. The molecule has 4 aromatic heterocycles. The normalized spacial score (nSPS) is 10.5. The van der Waals surface area contributed by atoms with E-state index in [1.165, 1.54) is 24.8 Å². The Kier molecular flexibility index (Phi) is 8.01. The average Bonchev–Trinajstić information content (AvgIpc) is 3.41. The number of nitriles is 2. The summed E-state index contributed by atoms with van der Waals surface area (Å²) >= 11 is 0. The fourth-order valence-electron chi connectivity index (χ4n) is 5.22. The molecule has 7 aromatic rings. The molecule has 7 rings (SSSR count). The van der Waals surface area contributed by atoms with Crippen LogP contribution >= 0.6 is 0 Å². The molecule has 46 heavy (non-hydrogen) atoms. The van der Waals surface area contributed by atoms with Gasteiger partial charge in [-0.25, -0.2) is 34.9 Å². The predicted octanol–water partition coefficient (Wildman–Crippen LogP) is 7.10. The lowest BCUT2D eigenvalue weighted by Gasteiger charge is -2.15. The van der Waals surface area contributed by atoms with E-state index in [1.807, 2.05) is 57.2 Å². The van der Waals surface area contributed by atoms with Crippen LogP contribution in [-0.4, -0.2) is 39.5 Å². The summed E-state index contributed by atoms with van der Waals surface area (Å²) in [5, 5.41) is 20.7. The van der Waals surface area contributed by atoms with Gasteiger partial charge in [0.1, 0.15) is 23.8 Å². The SMILES string of the molecule is C=CC.Cc1nc(C)nc(-c2ccc3c4ccccc4n(-c4ccc(-c5ncc(C#N)cn5)cc4-c4ncc(C#N)cn4)c3c2)n1. The average molecular weight is 599 g/mol. The van der Waals surface area contributed by atoms with Gasteiger partial charge in [-0.15, -0.1) is 6.58 Å². The minimum Gasteiger partial charge on any atom is -0.308 e. The molecule has 0 atom stereocenters. The van der Waals surface area contributed by atoms with E-state index in [9.17, 15) is 10.5 Å². The van der Waals surface area contributed by atoms with Gasteiger partial charge in [-0.2, -0.15) is 10.5 Å². The molecule has 0 aliphatic heterocycles. The lowest BCUT2D eigenvalue weighted by Crippen LogP contribution is -2.02. The summed E-state index contributed by atoms with van der Waals surface area (Å²) in [6.07, 6.45) is 7.75. The Morgan fingerprint density at radius 3 is 1.83 bits per heavy atom. The van der Waals surface area contributed by atoms with Crippen molar-refractivity contribution in [1.82, 2.24) is 39.5 Å². The molecule has 0 N–H and O–H groups in total. The van der Waals surface area contributed by atoms with Crippen LogP contribution in [-0.2, 0) is 0 Å². The van der Waals surface area contributed by atoms with Crippen LogP contribution in [0.3, 0.4) is 0 Å². The van der Waals surface area contributed by atoms with Crippen LogP contribution < -0.4 is 0 Å². The van der Waals surface area contributed by atoms with E-state index in [1.54, 1.807) is 6.08 Å². The largest absolute Gasteiger partial charge is 0.308 e. The zero-order valence-electron chi connectivity index (χ0n) is 25.3. The molecular formula is C36H26N10. The lowest BCUT2D eigenvalue weighted by atomic mass is 10.1. The summed E-state index contributed by atoms with van der Waals surface area (Å²) in [5.41, 5.74) is 5.82. The minimum absolute atomic E-state index is 0.362. The number of hydrogen-bond acceptors (Lipinski definition) is 9. The number of aryl methyl sites for hydroxylation is 2. The van der Waals surface area contributed by atoms with Crippen molar-refractivity contribution in [3.63, 3.8) is 0 Å². The molecule has 0 bridgehead atoms. The van der Waals surface area contributed by atoms with E-state index in [4.69, 9.17) is 0 Å². The van der Waals surface area contributed by atoms with E-state index in [0.717, 1.165) is 44.2 Å². The molecular weight excluding hydrogens is 572 g/mol. The zero-order valence-corrected chi connectivity index (χ0v) is 25.3. The van der Waals surface area contributed by atoms with E-state index >= 15 is 0 Å². The highest BCUT2D eigenvalue weighted by Gasteiger charge is 2.19. The Morgan fingerprint density at radius 2 is 1.20 bits per heavy atom. The molecule has 4 heterocycles. The molecule has 0 spiro atoms. The second-order valence-electron chi connectivity index (χ2n) is 10.3. The highest BCUT2D eigenvalue weighted by Crippen LogP contribution is 2.38. The monoisotopic (exact) mass is 598 g/mol. The summed E-state index contributed by atoms with van der Waals surface area (Å²) in [6, 6.07) is 24.4. The molecule has 0 unspecified atom stereocenters. The second-order valence-corrected chi connectivity index (χ2v) is 10.3. The number of hydrogen-bond donors (Lipinski definition) is 0. The van der Waals surface area contributed by atoms with Crippen LogP contribution in [0.2, 0.25) is 0 Å². The maximum absolute atomic E-state index is 9.34. The number of para-hydroxylation sites is 1. The third-order valence-electron chi connectivity index (χ3n) is 7.09. The van der Waals surface area contributed by atoms with Gasteiger partial charge in [0, 0.05) is 52.3 Å². The predicted molar refractivity (Wildman–Crippen MR) is 176 cm³/mol. The molecule has 10 heteroatoms. The van der Waals surface area contributed by atoms with Crippen molar-refractivity contribution in [2.24, 2.45) is 0 Å². The van der Waals surface area contributed by atoms with Crippen LogP contribution in [0.15, 0.2) is 98.1 Å². The maximum atomic E-state index is 9.34. The molecule has 220 valence electrons. The number of benzene rings is 3. The van der Waals surface area contributed by atoms with Gasteiger partial charge in [-0.3, -0.25) is 0 Å². The van der Waals surface area contributed by atoms with Gasteiger partial charge in [0.05, 0.1) is 27.8 Å². The molecule has 0 aliphatic rings. The smallest absolute Gasteiger partial charge is 0.163 e. The van der Waals surface area contributed by atoms with E-state index in [-0.39, 0.29) is 0 Å². The molecule has 0 radical (unpaired) electrons. The van der Waals surface area contributed by atoms with Crippen molar-refractivity contribution < 1.29 is 0 Å². The standard InChI is InChI=1S/C33H20N10.C3H6/c1-19-40-20(2)42-32(41-19)24-7-9-26-25-5-3-4-6-28(25)43(30(26)12-24)29-10-8-23(31-36-15-21(13-34)16-37-31)11-27(29)33-38-17-22(14-35)18-39-33;1-3-2/h3-12,15-18H,1-2H3;3H,1H2,2H3. The van der Waals surface area contributed by atoms with Crippen molar-refractivity contribution in [3.8, 4) is 52.0 Å². The summed E-state index contributed by atoms with van der Waals surface area (Å²) in [5.74, 6) is 2.82. The maximum Gasteiger partial charge on any atom is 0.163 e. The fraction of sp³-hybridized carbons (Fsp3) is 0.0833. The number of rotatable bonds is 4. The van der Waals surface area contributed by atoms with E-state index in [0.29, 0.717) is 40.2 Å². The zero-order chi connectivity index (χ0) is 32.2. The highest BCUT2D eigenvalue weighted by molar-refractivity contribution is 6.10. The first kappa shape index (κ1) is 29.4. The Bertz CT molecular complexity index is 2300. The molecule has 10 nitrogen and oxygen atoms in total. The Labute approximate surface area is 265 Å². The van der Waals surface area contributed by atoms with Crippen molar-refractivity contribution in [3.05, 3.63) is 121 Å². The van der Waals surface area contributed by atoms with E-state index < -0.39 is 0 Å². The molecule has 0 saturated carbocycles. The third-order valence-corrected chi connectivity index (χ3v) is 7.09. The number of aromatic nitrogens is 8. The first-order valence-corrected chi connectivity index (χ1v) is 14.3. The van der Waals surface area contributed by atoms with Crippen LogP contribution in [0.1, 0.15) is 29.7 Å². The molecule has 0 aliphatic carbocycles. The summed E-state index contributed by atoms with van der Waals surface area (Å²) in [6.45, 7) is 8.97. The fourth-order valence-corrected chi connectivity index (χ4v) is 5.22. The Morgan fingerprint density at radius 1 is 0.652 bits per heavy atom. The number of nitrogens with zero attached hydrogens (tertiary/aromatic N) is 10. The van der Waals surface area contributed by atoms with Gasteiger partial charge in [-0.1, -0.05) is 36.4 Å². The minimum atomic E-state index is 0.362. The van der Waals surface area contributed by atoms with Crippen LogP contribution in [0, 0.1) is 36.5 Å². The van der Waals surface area contributed by atoms with Crippen molar-refractivity contribution in [2.75, 3.05) is 0 Å². The summed E-state index contributed by atoms with van der Waals surface area (Å²) < 4.78 is 2.18. The second kappa shape index (κ2) is 12.5. The molecule has 3 aromatic carbocycles. The molecule has 0 saturated heterocycles. The van der Waals surface area contributed by atoms with Gasteiger partial charge in [0.2, 0.25) is 0 Å². The Hall–Kier alpha value is -6.65. The summed E-state index contributed by atoms with van der Waals surface area (Å²) in [7, 11) is 0. The summed E-state index contributed by atoms with van der Waals surface area (Å²) in [4.78, 5) is 31.4. The third kappa shape index (κ3) is 5.54. The van der Waals surface area contributed by atoms with Crippen molar-refractivity contribution in [2.45, 2.75) is 20.8 Å².